The first kappa shape index (κ1) is 12.4. The third kappa shape index (κ3) is 1.66. The Morgan fingerprint density at radius 1 is 0.909 bits per heavy atom. The molecule has 0 N–H and O–H groups in total. The normalized spacial score (nSPS) is 10.9. The summed E-state index contributed by atoms with van der Waals surface area (Å²) in [5.41, 5.74) is 1.52. The van der Waals surface area contributed by atoms with Gasteiger partial charge in [0.2, 0.25) is 0 Å². The molecule has 0 aliphatic carbocycles. The molecule has 0 aliphatic rings. The Kier molecular flexibility index (Phi) is 2.60. The van der Waals surface area contributed by atoms with E-state index < -0.39 is 0 Å². The number of nitriles is 1. The summed E-state index contributed by atoms with van der Waals surface area (Å²) < 4.78 is 1.41. The Labute approximate surface area is 126 Å². The Balaban J connectivity index is 2.08. The predicted molar refractivity (Wildman–Crippen MR) is 84.5 cm³/mol. The van der Waals surface area contributed by atoms with Gasteiger partial charge in [0.15, 0.2) is 5.69 Å². The summed E-state index contributed by atoms with van der Waals surface area (Å²) in [5, 5.41) is 24.8. The second-order valence-corrected chi connectivity index (χ2v) is 5.09. The lowest BCUT2D eigenvalue weighted by Crippen LogP contribution is -2.37. The minimum Gasteiger partial charge on any atom is -0.595 e. The molecule has 1 heterocycles. The van der Waals surface area contributed by atoms with E-state index in [2.05, 4.69) is 6.07 Å². The van der Waals surface area contributed by atoms with E-state index in [1.165, 1.54) is 4.68 Å². The zero-order valence-electron chi connectivity index (χ0n) is 11.6. The summed E-state index contributed by atoms with van der Waals surface area (Å²) in [7, 11) is 0. The monoisotopic (exact) mass is 285 g/mol. The molecule has 3 aromatic carbocycles. The summed E-state index contributed by atoms with van der Waals surface area (Å²) in [6.45, 7) is 0. The minimum absolute atomic E-state index is 0.348. The summed E-state index contributed by atoms with van der Waals surface area (Å²) in [6, 6.07) is 22.9. The summed E-state index contributed by atoms with van der Waals surface area (Å²) >= 11 is 0. The van der Waals surface area contributed by atoms with Crippen LogP contribution in [0.25, 0.3) is 27.4 Å². The molecule has 0 aliphatic heterocycles. The number of fused-ring (bicyclic) bond motifs is 2. The first-order valence-corrected chi connectivity index (χ1v) is 6.92. The summed E-state index contributed by atoms with van der Waals surface area (Å²) in [5.74, 6) is 0. The van der Waals surface area contributed by atoms with Crippen LogP contribution < -0.4 is 4.85 Å². The van der Waals surface area contributed by atoms with Crippen molar-refractivity contribution in [3.63, 3.8) is 0 Å². The highest BCUT2D eigenvalue weighted by atomic mass is 16.5. The van der Waals surface area contributed by atoms with E-state index in [0.717, 1.165) is 15.6 Å². The number of para-hydroxylation sites is 1. The fraction of sp³-hybridized carbons (Fsp3) is 0. The lowest BCUT2D eigenvalue weighted by atomic mass is 10.1. The van der Waals surface area contributed by atoms with Crippen LogP contribution in [-0.4, -0.2) is 4.68 Å². The van der Waals surface area contributed by atoms with Crippen molar-refractivity contribution >= 4 is 21.7 Å². The van der Waals surface area contributed by atoms with Gasteiger partial charge in [0.05, 0.1) is 5.39 Å². The third-order valence-corrected chi connectivity index (χ3v) is 3.84. The molecule has 1 aromatic heterocycles. The van der Waals surface area contributed by atoms with Gasteiger partial charge in [-0.05, 0) is 29.0 Å². The largest absolute Gasteiger partial charge is 0.595 e. The minimum atomic E-state index is 0.348. The van der Waals surface area contributed by atoms with Crippen molar-refractivity contribution in [2.24, 2.45) is 0 Å². The van der Waals surface area contributed by atoms with Crippen LogP contribution in [0.3, 0.4) is 0 Å². The van der Waals surface area contributed by atoms with Gasteiger partial charge in [0.1, 0.15) is 11.8 Å². The maximum atomic E-state index is 12.6. The van der Waals surface area contributed by atoms with Crippen molar-refractivity contribution in [2.75, 3.05) is 0 Å². The topological polar surface area (TPSA) is 55.7 Å². The van der Waals surface area contributed by atoms with Crippen molar-refractivity contribution in [3.8, 4) is 11.8 Å². The quantitative estimate of drug-likeness (QED) is 0.398. The van der Waals surface area contributed by atoms with Crippen molar-refractivity contribution < 1.29 is 4.85 Å². The molecule has 4 heteroatoms. The van der Waals surface area contributed by atoms with Crippen molar-refractivity contribution in [2.45, 2.75) is 0 Å². The molecule has 4 aromatic rings. The highest BCUT2D eigenvalue weighted by molar-refractivity contribution is 5.85. The number of hydrogen-bond acceptors (Lipinski definition) is 2. The first-order valence-electron chi connectivity index (χ1n) is 6.92. The molecule has 4 nitrogen and oxygen atoms in total. The molecule has 104 valence electrons. The van der Waals surface area contributed by atoms with Crippen LogP contribution in [0.5, 0.6) is 0 Å². The molecule has 0 unspecified atom stereocenters. The molecule has 0 saturated heterocycles. The Morgan fingerprint density at radius 2 is 1.64 bits per heavy atom. The maximum Gasteiger partial charge on any atom is 0.253 e. The standard InChI is InChI=1S/C18H11N3O/c19-12-18-16-7-3-4-8-17(16)21(22)20(18)15-10-9-13-5-1-2-6-14(13)11-15/h1-11H. The smallest absolute Gasteiger partial charge is 0.253 e. The number of benzene rings is 3. The van der Waals surface area contributed by atoms with Gasteiger partial charge in [-0.2, -0.15) is 5.26 Å². The van der Waals surface area contributed by atoms with E-state index in [-0.39, 0.29) is 0 Å². The van der Waals surface area contributed by atoms with Crippen LogP contribution in [0.15, 0.2) is 66.7 Å². The van der Waals surface area contributed by atoms with E-state index in [1.807, 2.05) is 48.5 Å². The van der Waals surface area contributed by atoms with Gasteiger partial charge in [0, 0.05) is 6.07 Å². The van der Waals surface area contributed by atoms with E-state index in [1.54, 1.807) is 18.2 Å². The number of aromatic nitrogens is 2. The second-order valence-electron chi connectivity index (χ2n) is 5.09. The van der Waals surface area contributed by atoms with Crippen molar-refractivity contribution in [1.82, 2.24) is 4.68 Å². The van der Waals surface area contributed by atoms with Crippen LogP contribution in [0, 0.1) is 16.5 Å². The lowest BCUT2D eigenvalue weighted by Gasteiger charge is -2.06. The van der Waals surface area contributed by atoms with Crippen LogP contribution in [0.4, 0.5) is 0 Å². The average Bonchev–Trinajstić information content (AvgIpc) is 2.87. The van der Waals surface area contributed by atoms with Crippen molar-refractivity contribution in [3.05, 3.63) is 77.6 Å². The van der Waals surface area contributed by atoms with Gasteiger partial charge < -0.3 is 5.21 Å². The molecule has 0 saturated carbocycles. The van der Waals surface area contributed by atoms with Crippen LogP contribution in [0.2, 0.25) is 0 Å². The van der Waals surface area contributed by atoms with Crippen LogP contribution in [0.1, 0.15) is 5.69 Å². The molecule has 4 rings (SSSR count). The van der Waals surface area contributed by atoms with Gasteiger partial charge in [-0.3, -0.25) is 0 Å². The van der Waals surface area contributed by atoms with E-state index in [9.17, 15) is 10.5 Å². The summed E-state index contributed by atoms with van der Waals surface area (Å²) in [4.78, 5) is 0.776. The molecule has 0 radical (unpaired) electrons. The van der Waals surface area contributed by atoms with Crippen LogP contribution >= 0.6 is 0 Å². The third-order valence-electron chi connectivity index (χ3n) is 3.84. The van der Waals surface area contributed by atoms with Crippen LogP contribution in [-0.2, 0) is 0 Å². The Bertz CT molecular complexity index is 1060. The first-order chi connectivity index (χ1) is 10.8. The van der Waals surface area contributed by atoms with Gasteiger partial charge in [0.25, 0.3) is 5.52 Å². The summed E-state index contributed by atoms with van der Waals surface area (Å²) in [6.07, 6.45) is 0. The lowest BCUT2D eigenvalue weighted by molar-refractivity contribution is -0.659. The number of nitrogens with zero attached hydrogens (tertiary/aromatic N) is 3. The van der Waals surface area contributed by atoms with Gasteiger partial charge in [-0.1, -0.05) is 52.0 Å². The molecule has 22 heavy (non-hydrogen) atoms. The van der Waals surface area contributed by atoms with E-state index in [4.69, 9.17) is 0 Å². The molecule has 0 bridgehead atoms. The highest BCUT2D eigenvalue weighted by Crippen LogP contribution is 2.22. The zero-order valence-corrected chi connectivity index (χ0v) is 11.6. The second kappa shape index (κ2) is 4.61. The molecule has 0 atom stereocenters. The average molecular weight is 285 g/mol. The van der Waals surface area contributed by atoms with Crippen molar-refractivity contribution in [1.29, 1.82) is 5.26 Å². The fourth-order valence-corrected chi connectivity index (χ4v) is 2.80. The SMILES string of the molecule is N#Cc1c2ccccc2[n+]([O-])n1-c1ccc2ccccc2c1. The molecule has 0 amide bonds. The van der Waals surface area contributed by atoms with Gasteiger partial charge in [-0.15, -0.1) is 0 Å². The molecule has 0 spiro atoms. The molecule has 0 fully saturated rings. The number of rotatable bonds is 1. The molecular formula is C18H11N3O. The maximum absolute atomic E-state index is 12.6. The van der Waals surface area contributed by atoms with Gasteiger partial charge in [-0.25, -0.2) is 0 Å². The highest BCUT2D eigenvalue weighted by Gasteiger charge is 2.21. The Morgan fingerprint density at radius 3 is 2.45 bits per heavy atom. The number of hydrogen-bond donors (Lipinski definition) is 0. The van der Waals surface area contributed by atoms with E-state index >= 15 is 0 Å². The Hall–Kier alpha value is -3.32. The van der Waals surface area contributed by atoms with Gasteiger partial charge >= 0.3 is 0 Å². The fourth-order valence-electron chi connectivity index (χ4n) is 2.80. The predicted octanol–water partition coefficient (Wildman–Crippen LogP) is 3.29. The molecular weight excluding hydrogens is 274 g/mol. The zero-order chi connectivity index (χ0) is 15.1. The van der Waals surface area contributed by atoms with E-state index in [0.29, 0.717) is 22.3 Å².